The normalized spacial score (nSPS) is 10.2. The Labute approximate surface area is 82.9 Å². The van der Waals surface area contributed by atoms with Crippen LogP contribution in [0.25, 0.3) is 10.6 Å². The molecule has 0 fully saturated rings. The van der Waals surface area contributed by atoms with E-state index in [-0.39, 0.29) is 0 Å². The maximum Gasteiger partial charge on any atom is 0.165 e. The monoisotopic (exact) mass is 187 g/mol. The first-order valence-corrected chi connectivity index (χ1v) is 5.08. The molecule has 0 saturated carbocycles. The quantitative estimate of drug-likeness (QED) is 0.614. The SMILES string of the molecule is Bc1nc(-c2ccccc2)sc1C. The van der Waals surface area contributed by atoms with Crippen LogP contribution < -0.4 is 5.59 Å². The summed E-state index contributed by atoms with van der Waals surface area (Å²) in [6.45, 7) is 2.11. The standard InChI is InChI=1S/C10H10BNS/c1-7-9(11)12-10(13-7)8-5-3-2-4-6-8/h2-6H,11H2,1H3. The predicted molar refractivity (Wildman–Crippen MR) is 60.5 cm³/mol. The van der Waals surface area contributed by atoms with Crippen LogP contribution in [-0.4, -0.2) is 12.8 Å². The van der Waals surface area contributed by atoms with E-state index in [4.69, 9.17) is 0 Å². The van der Waals surface area contributed by atoms with E-state index in [1.807, 2.05) is 18.2 Å². The zero-order valence-electron chi connectivity index (χ0n) is 7.74. The molecule has 0 amide bonds. The minimum Gasteiger partial charge on any atom is -0.252 e. The Hall–Kier alpha value is -1.09. The van der Waals surface area contributed by atoms with Gasteiger partial charge in [-0.1, -0.05) is 30.3 Å². The van der Waals surface area contributed by atoms with Gasteiger partial charge in [0, 0.05) is 16.0 Å². The Morgan fingerprint density at radius 2 is 1.92 bits per heavy atom. The molecule has 0 bridgehead atoms. The third kappa shape index (κ3) is 1.65. The van der Waals surface area contributed by atoms with Crippen molar-refractivity contribution in [3.63, 3.8) is 0 Å². The van der Waals surface area contributed by atoms with Crippen LogP contribution in [-0.2, 0) is 0 Å². The van der Waals surface area contributed by atoms with Gasteiger partial charge in [-0.2, -0.15) is 0 Å². The molecular weight excluding hydrogens is 177 g/mol. The summed E-state index contributed by atoms with van der Waals surface area (Å²) >= 11 is 1.76. The first-order chi connectivity index (χ1) is 6.27. The van der Waals surface area contributed by atoms with Gasteiger partial charge < -0.3 is 0 Å². The van der Waals surface area contributed by atoms with Crippen molar-refractivity contribution in [1.29, 1.82) is 0 Å². The molecule has 1 aromatic heterocycles. The topological polar surface area (TPSA) is 12.9 Å². The van der Waals surface area contributed by atoms with Gasteiger partial charge in [0.25, 0.3) is 0 Å². The van der Waals surface area contributed by atoms with Crippen LogP contribution in [0.15, 0.2) is 30.3 Å². The molecule has 0 aliphatic rings. The third-order valence-electron chi connectivity index (χ3n) is 2.05. The number of aryl methyl sites for hydroxylation is 1. The lowest BCUT2D eigenvalue weighted by molar-refractivity contribution is 1.45. The maximum absolute atomic E-state index is 4.50. The number of hydrogen-bond acceptors (Lipinski definition) is 2. The van der Waals surface area contributed by atoms with Gasteiger partial charge in [-0.3, -0.25) is 4.98 Å². The van der Waals surface area contributed by atoms with Gasteiger partial charge >= 0.3 is 0 Å². The van der Waals surface area contributed by atoms with Gasteiger partial charge in [0.05, 0.1) is 0 Å². The molecule has 13 heavy (non-hydrogen) atoms. The molecule has 1 nitrogen and oxygen atoms in total. The van der Waals surface area contributed by atoms with Crippen LogP contribution in [0.5, 0.6) is 0 Å². The number of thiazole rings is 1. The van der Waals surface area contributed by atoms with E-state index in [0.717, 1.165) is 10.6 Å². The first-order valence-electron chi connectivity index (χ1n) is 4.27. The fraction of sp³-hybridized carbons (Fsp3) is 0.100. The first kappa shape index (κ1) is 8.51. The molecule has 0 aliphatic heterocycles. The van der Waals surface area contributed by atoms with Crippen molar-refractivity contribution in [3.05, 3.63) is 35.2 Å². The van der Waals surface area contributed by atoms with Crippen LogP contribution >= 0.6 is 11.3 Å². The van der Waals surface area contributed by atoms with Gasteiger partial charge in [-0.05, 0) is 6.92 Å². The Morgan fingerprint density at radius 3 is 2.46 bits per heavy atom. The summed E-state index contributed by atoms with van der Waals surface area (Å²) in [5.74, 6) is 0. The van der Waals surface area contributed by atoms with E-state index in [9.17, 15) is 0 Å². The number of hydrogen-bond donors (Lipinski definition) is 0. The van der Waals surface area contributed by atoms with Crippen LogP contribution in [0.3, 0.4) is 0 Å². The minimum atomic E-state index is 1.12. The third-order valence-corrected chi connectivity index (χ3v) is 3.17. The Balaban J connectivity index is 2.48. The second-order valence-corrected chi connectivity index (χ2v) is 4.23. The van der Waals surface area contributed by atoms with Crippen molar-refractivity contribution in [3.8, 4) is 10.6 Å². The van der Waals surface area contributed by atoms with Gasteiger partial charge in [-0.15, -0.1) is 11.3 Å². The molecule has 0 radical (unpaired) electrons. The molecule has 0 saturated heterocycles. The summed E-state index contributed by atoms with van der Waals surface area (Å²) in [6, 6.07) is 10.3. The average Bonchev–Trinajstić information content (AvgIpc) is 2.49. The molecular formula is C10H10BNS. The molecule has 2 aromatic rings. The molecule has 64 valence electrons. The van der Waals surface area contributed by atoms with Crippen molar-refractivity contribution >= 4 is 24.8 Å². The average molecular weight is 187 g/mol. The van der Waals surface area contributed by atoms with Crippen molar-refractivity contribution in [2.24, 2.45) is 0 Å². The molecule has 0 aliphatic carbocycles. The smallest absolute Gasteiger partial charge is 0.165 e. The molecule has 1 heterocycles. The Kier molecular flexibility index (Phi) is 2.19. The largest absolute Gasteiger partial charge is 0.252 e. The van der Waals surface area contributed by atoms with Gasteiger partial charge in [-0.25, -0.2) is 0 Å². The fourth-order valence-electron chi connectivity index (χ4n) is 1.18. The van der Waals surface area contributed by atoms with E-state index < -0.39 is 0 Å². The summed E-state index contributed by atoms with van der Waals surface area (Å²) in [4.78, 5) is 5.80. The lowest BCUT2D eigenvalue weighted by atomic mass is 10.0. The maximum atomic E-state index is 4.50. The summed E-state index contributed by atoms with van der Waals surface area (Å²) in [5, 5.41) is 1.12. The van der Waals surface area contributed by atoms with Crippen molar-refractivity contribution < 1.29 is 0 Å². The highest BCUT2D eigenvalue weighted by atomic mass is 32.1. The van der Waals surface area contributed by atoms with Gasteiger partial charge in [0.15, 0.2) is 7.85 Å². The van der Waals surface area contributed by atoms with Crippen molar-refractivity contribution in [1.82, 2.24) is 4.98 Å². The van der Waals surface area contributed by atoms with Crippen LogP contribution in [0.2, 0.25) is 0 Å². The Morgan fingerprint density at radius 1 is 1.23 bits per heavy atom. The van der Waals surface area contributed by atoms with E-state index in [1.165, 1.54) is 10.4 Å². The highest BCUT2D eigenvalue weighted by molar-refractivity contribution is 7.15. The van der Waals surface area contributed by atoms with Crippen molar-refractivity contribution in [2.45, 2.75) is 6.92 Å². The van der Waals surface area contributed by atoms with E-state index in [0.29, 0.717) is 0 Å². The lowest BCUT2D eigenvalue weighted by Gasteiger charge is -1.92. The second-order valence-electron chi connectivity index (χ2n) is 3.03. The summed E-state index contributed by atoms with van der Waals surface area (Å²) in [7, 11) is 2.05. The summed E-state index contributed by atoms with van der Waals surface area (Å²) in [5.41, 5.74) is 2.35. The van der Waals surface area contributed by atoms with Crippen LogP contribution in [0.1, 0.15) is 4.88 Å². The Bertz CT molecular complexity index is 389. The summed E-state index contributed by atoms with van der Waals surface area (Å²) < 4.78 is 0. The zero-order valence-corrected chi connectivity index (χ0v) is 8.56. The number of rotatable bonds is 1. The lowest BCUT2D eigenvalue weighted by Crippen LogP contribution is -2.05. The van der Waals surface area contributed by atoms with E-state index in [1.54, 1.807) is 11.3 Å². The van der Waals surface area contributed by atoms with Crippen molar-refractivity contribution in [2.75, 3.05) is 0 Å². The van der Waals surface area contributed by atoms with Crippen LogP contribution in [0.4, 0.5) is 0 Å². The predicted octanol–water partition coefficient (Wildman–Crippen LogP) is 1.38. The van der Waals surface area contributed by atoms with Gasteiger partial charge in [0.1, 0.15) is 5.01 Å². The fourth-order valence-corrected chi connectivity index (χ4v) is 2.10. The summed E-state index contributed by atoms with van der Waals surface area (Å²) in [6.07, 6.45) is 0. The minimum absolute atomic E-state index is 1.12. The van der Waals surface area contributed by atoms with E-state index in [2.05, 4.69) is 31.9 Å². The second kappa shape index (κ2) is 3.34. The molecule has 0 unspecified atom stereocenters. The number of aromatic nitrogens is 1. The van der Waals surface area contributed by atoms with Crippen LogP contribution in [0, 0.1) is 6.92 Å². The highest BCUT2D eigenvalue weighted by Crippen LogP contribution is 2.22. The van der Waals surface area contributed by atoms with Gasteiger partial charge in [0.2, 0.25) is 0 Å². The molecule has 1 aromatic carbocycles. The zero-order chi connectivity index (χ0) is 9.26. The molecule has 0 atom stereocenters. The molecule has 0 spiro atoms. The number of nitrogens with zero attached hydrogens (tertiary/aromatic N) is 1. The number of benzene rings is 1. The van der Waals surface area contributed by atoms with E-state index >= 15 is 0 Å². The molecule has 2 rings (SSSR count). The molecule has 0 N–H and O–H groups in total. The molecule has 3 heteroatoms. The highest BCUT2D eigenvalue weighted by Gasteiger charge is 2.04.